The van der Waals surface area contributed by atoms with Crippen molar-refractivity contribution < 1.29 is 4.79 Å². The lowest BCUT2D eigenvalue weighted by atomic mass is 10.2. The Kier molecular flexibility index (Phi) is 7.22. The van der Waals surface area contributed by atoms with Crippen molar-refractivity contribution in [1.29, 1.82) is 0 Å². The first kappa shape index (κ1) is 17.7. The van der Waals surface area contributed by atoms with E-state index in [0.29, 0.717) is 19.1 Å². The van der Waals surface area contributed by atoms with E-state index < -0.39 is 0 Å². The third kappa shape index (κ3) is 4.58. The average molecular weight is 410 g/mol. The summed E-state index contributed by atoms with van der Waals surface area (Å²) in [5, 5.41) is 2.98. The molecule has 6 heteroatoms. The second-order valence-electron chi connectivity index (χ2n) is 5.01. The number of nitrogens with zero attached hydrogens (tertiary/aromatic N) is 1. The van der Waals surface area contributed by atoms with E-state index in [-0.39, 0.29) is 18.3 Å². The Labute approximate surface area is 140 Å². The summed E-state index contributed by atoms with van der Waals surface area (Å²) in [5.41, 5.74) is 7.71. The van der Waals surface area contributed by atoms with Crippen LogP contribution < -0.4 is 11.1 Å². The standard InChI is InChI=1S/C14H20IN3O.ClH/c1-10-7-11(15)4-5-13(10)17-14(19)9-18-6-2-3-12(18)8-16;/h4-5,7,12H,2-3,6,8-9,16H2,1H3,(H,17,19);1H. The molecular weight excluding hydrogens is 389 g/mol. The van der Waals surface area contributed by atoms with Gasteiger partial charge in [0.1, 0.15) is 0 Å². The number of carbonyl (C=O) groups excluding carboxylic acids is 1. The van der Waals surface area contributed by atoms with Gasteiger partial charge in [0, 0.05) is 21.8 Å². The maximum Gasteiger partial charge on any atom is 0.238 e. The number of benzene rings is 1. The molecule has 1 saturated heterocycles. The third-order valence-corrected chi connectivity index (χ3v) is 4.25. The van der Waals surface area contributed by atoms with Crippen LogP contribution in [0, 0.1) is 10.5 Å². The molecule has 2 rings (SSSR count). The minimum atomic E-state index is 0. The fourth-order valence-corrected chi connectivity index (χ4v) is 3.16. The highest BCUT2D eigenvalue weighted by Gasteiger charge is 2.24. The van der Waals surface area contributed by atoms with E-state index in [1.54, 1.807) is 0 Å². The number of aryl methyl sites for hydroxylation is 1. The van der Waals surface area contributed by atoms with Crippen molar-refractivity contribution in [3.63, 3.8) is 0 Å². The predicted molar refractivity (Wildman–Crippen MR) is 93.4 cm³/mol. The van der Waals surface area contributed by atoms with E-state index in [1.165, 1.54) is 3.57 Å². The normalized spacial score (nSPS) is 18.6. The van der Waals surface area contributed by atoms with Gasteiger partial charge in [-0.05, 0) is 72.7 Å². The fraction of sp³-hybridized carbons (Fsp3) is 0.500. The first-order chi connectivity index (χ1) is 9.10. The Morgan fingerprint density at radius 3 is 2.95 bits per heavy atom. The molecule has 112 valence electrons. The number of hydrogen-bond donors (Lipinski definition) is 2. The van der Waals surface area contributed by atoms with Crippen molar-refractivity contribution >= 4 is 46.6 Å². The summed E-state index contributed by atoms with van der Waals surface area (Å²) in [4.78, 5) is 14.2. The average Bonchev–Trinajstić information content (AvgIpc) is 2.80. The van der Waals surface area contributed by atoms with Gasteiger partial charge in [-0.25, -0.2) is 0 Å². The number of carbonyl (C=O) groups is 1. The van der Waals surface area contributed by atoms with Crippen molar-refractivity contribution in [2.75, 3.05) is 25.0 Å². The molecule has 0 spiro atoms. The van der Waals surface area contributed by atoms with E-state index in [4.69, 9.17) is 5.73 Å². The maximum atomic E-state index is 12.1. The zero-order chi connectivity index (χ0) is 13.8. The van der Waals surface area contributed by atoms with Crippen LogP contribution in [-0.2, 0) is 4.79 Å². The van der Waals surface area contributed by atoms with E-state index in [1.807, 2.05) is 19.1 Å². The number of nitrogens with one attached hydrogen (secondary N) is 1. The highest BCUT2D eigenvalue weighted by atomic mass is 127. The van der Waals surface area contributed by atoms with Crippen molar-refractivity contribution in [2.24, 2.45) is 5.73 Å². The quantitative estimate of drug-likeness (QED) is 0.751. The molecule has 20 heavy (non-hydrogen) atoms. The molecule has 4 nitrogen and oxygen atoms in total. The smallest absolute Gasteiger partial charge is 0.238 e. The van der Waals surface area contributed by atoms with Crippen molar-refractivity contribution in [1.82, 2.24) is 4.90 Å². The largest absolute Gasteiger partial charge is 0.329 e. The van der Waals surface area contributed by atoms with Gasteiger partial charge in [0.2, 0.25) is 5.91 Å². The Hall–Kier alpha value is -0.370. The zero-order valence-electron chi connectivity index (χ0n) is 11.6. The van der Waals surface area contributed by atoms with Gasteiger partial charge in [-0.1, -0.05) is 0 Å². The molecule has 1 fully saturated rings. The van der Waals surface area contributed by atoms with E-state index >= 15 is 0 Å². The summed E-state index contributed by atoms with van der Waals surface area (Å²) in [7, 11) is 0. The highest BCUT2D eigenvalue weighted by molar-refractivity contribution is 14.1. The Bertz CT molecular complexity index is 470. The summed E-state index contributed by atoms with van der Waals surface area (Å²) in [6.45, 7) is 4.06. The summed E-state index contributed by atoms with van der Waals surface area (Å²) >= 11 is 2.27. The van der Waals surface area contributed by atoms with E-state index in [9.17, 15) is 4.79 Å². The van der Waals surface area contributed by atoms with Crippen LogP contribution >= 0.6 is 35.0 Å². The minimum absolute atomic E-state index is 0. The number of hydrogen-bond acceptors (Lipinski definition) is 3. The monoisotopic (exact) mass is 409 g/mol. The maximum absolute atomic E-state index is 12.1. The minimum Gasteiger partial charge on any atom is -0.329 e. The zero-order valence-corrected chi connectivity index (χ0v) is 14.5. The second kappa shape index (κ2) is 8.17. The molecule has 1 aromatic carbocycles. The molecule has 1 unspecified atom stereocenters. The van der Waals surface area contributed by atoms with Gasteiger partial charge in [0.15, 0.2) is 0 Å². The fourth-order valence-electron chi connectivity index (χ4n) is 2.51. The molecule has 1 amide bonds. The van der Waals surface area contributed by atoms with Crippen molar-refractivity contribution in [3.8, 4) is 0 Å². The Morgan fingerprint density at radius 2 is 2.30 bits per heavy atom. The predicted octanol–water partition coefficient (Wildman–Crippen LogP) is 2.38. The first-order valence-electron chi connectivity index (χ1n) is 6.60. The molecule has 1 aliphatic heterocycles. The lowest BCUT2D eigenvalue weighted by molar-refractivity contribution is -0.117. The molecule has 1 aliphatic rings. The lowest BCUT2D eigenvalue weighted by Crippen LogP contribution is -2.40. The van der Waals surface area contributed by atoms with Crippen molar-refractivity contribution in [2.45, 2.75) is 25.8 Å². The van der Waals surface area contributed by atoms with Gasteiger partial charge in [-0.15, -0.1) is 12.4 Å². The highest BCUT2D eigenvalue weighted by Crippen LogP contribution is 2.19. The van der Waals surface area contributed by atoms with Crippen LogP contribution in [0.3, 0.4) is 0 Å². The Balaban J connectivity index is 0.00000200. The SMILES string of the molecule is Cc1cc(I)ccc1NC(=O)CN1CCCC1CN.Cl. The number of nitrogens with two attached hydrogens (primary N) is 1. The van der Waals surface area contributed by atoms with Gasteiger partial charge >= 0.3 is 0 Å². The number of anilines is 1. The van der Waals surface area contributed by atoms with Crippen LogP contribution in [0.5, 0.6) is 0 Å². The van der Waals surface area contributed by atoms with Crippen LogP contribution in [0.4, 0.5) is 5.69 Å². The van der Waals surface area contributed by atoms with Gasteiger partial charge in [-0.3, -0.25) is 9.69 Å². The molecule has 0 aliphatic carbocycles. The van der Waals surface area contributed by atoms with Crippen molar-refractivity contribution in [3.05, 3.63) is 27.3 Å². The van der Waals surface area contributed by atoms with Gasteiger partial charge in [0.05, 0.1) is 6.54 Å². The van der Waals surface area contributed by atoms with Crippen LogP contribution in [0.15, 0.2) is 18.2 Å². The van der Waals surface area contributed by atoms with Crippen LogP contribution in [0.1, 0.15) is 18.4 Å². The molecular formula is C14H21ClIN3O. The summed E-state index contributed by atoms with van der Waals surface area (Å²) in [5.74, 6) is 0.0460. The molecule has 0 saturated carbocycles. The number of halogens is 2. The Morgan fingerprint density at radius 1 is 1.55 bits per heavy atom. The molecule has 0 bridgehead atoms. The molecule has 1 atom stereocenters. The lowest BCUT2D eigenvalue weighted by Gasteiger charge is -2.22. The number of likely N-dealkylation sites (tertiary alicyclic amines) is 1. The summed E-state index contributed by atoms with van der Waals surface area (Å²) in [6, 6.07) is 6.39. The molecule has 1 aromatic rings. The molecule has 0 aromatic heterocycles. The van der Waals surface area contributed by atoms with Gasteiger partial charge < -0.3 is 11.1 Å². The van der Waals surface area contributed by atoms with Crippen LogP contribution in [0.2, 0.25) is 0 Å². The molecule has 1 heterocycles. The topological polar surface area (TPSA) is 58.4 Å². The van der Waals surface area contributed by atoms with E-state index in [2.05, 4.69) is 38.9 Å². The van der Waals surface area contributed by atoms with Crippen LogP contribution in [0.25, 0.3) is 0 Å². The number of rotatable bonds is 4. The molecule has 0 radical (unpaired) electrons. The molecule has 3 N–H and O–H groups in total. The van der Waals surface area contributed by atoms with Gasteiger partial charge in [-0.2, -0.15) is 0 Å². The van der Waals surface area contributed by atoms with Gasteiger partial charge in [0.25, 0.3) is 0 Å². The van der Waals surface area contributed by atoms with Crippen LogP contribution in [-0.4, -0.2) is 36.5 Å². The second-order valence-corrected chi connectivity index (χ2v) is 6.26. The summed E-state index contributed by atoms with van der Waals surface area (Å²) < 4.78 is 1.18. The first-order valence-corrected chi connectivity index (χ1v) is 7.68. The number of amides is 1. The third-order valence-electron chi connectivity index (χ3n) is 3.58. The van der Waals surface area contributed by atoms with E-state index in [0.717, 1.165) is 30.6 Å². The summed E-state index contributed by atoms with van der Waals surface area (Å²) in [6.07, 6.45) is 2.24.